The lowest BCUT2D eigenvalue weighted by Gasteiger charge is -2.39. The maximum absolute atomic E-state index is 12.8. The van der Waals surface area contributed by atoms with Crippen LogP contribution in [0, 0.1) is 5.92 Å². The molecule has 0 saturated carbocycles. The first kappa shape index (κ1) is 18.1. The number of rotatable bonds is 4. The van der Waals surface area contributed by atoms with E-state index in [1.807, 2.05) is 0 Å². The Balaban J connectivity index is 1.45. The van der Waals surface area contributed by atoms with Crippen molar-refractivity contribution in [1.82, 2.24) is 24.7 Å². The summed E-state index contributed by atoms with van der Waals surface area (Å²) in [6.07, 6.45) is -0.119. The molecule has 144 valence electrons. The summed E-state index contributed by atoms with van der Waals surface area (Å²) in [7, 11) is 0. The van der Waals surface area contributed by atoms with Crippen molar-refractivity contribution in [3.05, 3.63) is 65.0 Å². The molecule has 0 bridgehead atoms. The summed E-state index contributed by atoms with van der Waals surface area (Å²) in [5, 5.41) is 4.39. The van der Waals surface area contributed by atoms with Crippen molar-refractivity contribution in [2.75, 3.05) is 18.0 Å². The molecule has 7 nitrogen and oxygen atoms in total. The van der Waals surface area contributed by atoms with Gasteiger partial charge in [0.15, 0.2) is 0 Å². The summed E-state index contributed by atoms with van der Waals surface area (Å²) in [6, 6.07) is 7.54. The Morgan fingerprint density at radius 3 is 2.50 bits per heavy atom. The van der Waals surface area contributed by atoms with Gasteiger partial charge in [-0.3, -0.25) is 9.78 Å². The molecular formula is C18H15F3N6O. The first-order valence-corrected chi connectivity index (χ1v) is 8.54. The fourth-order valence-corrected chi connectivity index (χ4v) is 3.01. The van der Waals surface area contributed by atoms with Gasteiger partial charge in [-0.1, -0.05) is 0 Å². The highest BCUT2D eigenvalue weighted by Gasteiger charge is 2.35. The number of hydrogen-bond donors (Lipinski definition) is 0. The molecule has 1 aliphatic rings. The van der Waals surface area contributed by atoms with Crippen molar-refractivity contribution in [3.63, 3.8) is 0 Å². The second-order valence-electron chi connectivity index (χ2n) is 6.49. The third-order valence-electron chi connectivity index (χ3n) is 4.45. The first-order valence-electron chi connectivity index (χ1n) is 8.54. The zero-order valence-electron chi connectivity index (χ0n) is 14.5. The van der Waals surface area contributed by atoms with Crippen molar-refractivity contribution >= 4 is 5.95 Å². The van der Waals surface area contributed by atoms with E-state index in [1.165, 1.54) is 10.7 Å². The van der Waals surface area contributed by atoms with E-state index in [2.05, 4.69) is 20.1 Å². The molecule has 3 aromatic heterocycles. The second kappa shape index (κ2) is 7.02. The van der Waals surface area contributed by atoms with Gasteiger partial charge in [-0.25, -0.2) is 14.6 Å². The Morgan fingerprint density at radius 2 is 1.79 bits per heavy atom. The van der Waals surface area contributed by atoms with E-state index >= 15 is 0 Å². The van der Waals surface area contributed by atoms with Gasteiger partial charge in [0.2, 0.25) is 5.95 Å². The predicted molar refractivity (Wildman–Crippen MR) is 94.5 cm³/mol. The Bertz CT molecular complexity index is 1030. The van der Waals surface area contributed by atoms with Crippen LogP contribution in [0.25, 0.3) is 11.3 Å². The smallest absolute Gasteiger partial charge is 0.340 e. The zero-order chi connectivity index (χ0) is 19.7. The van der Waals surface area contributed by atoms with E-state index in [-0.39, 0.29) is 17.4 Å². The van der Waals surface area contributed by atoms with Crippen LogP contribution in [0.3, 0.4) is 0 Å². The van der Waals surface area contributed by atoms with Gasteiger partial charge in [-0.05, 0) is 24.3 Å². The quantitative estimate of drug-likeness (QED) is 0.682. The molecule has 0 unspecified atom stereocenters. The molecule has 0 N–H and O–H groups in total. The van der Waals surface area contributed by atoms with Crippen molar-refractivity contribution < 1.29 is 13.2 Å². The van der Waals surface area contributed by atoms with Gasteiger partial charge in [0.05, 0.1) is 12.2 Å². The number of hydrogen-bond acceptors (Lipinski definition) is 6. The summed E-state index contributed by atoms with van der Waals surface area (Å²) in [4.78, 5) is 25.2. The molecule has 4 heterocycles. The minimum atomic E-state index is -4.51. The lowest BCUT2D eigenvalue weighted by atomic mass is 10.0. The van der Waals surface area contributed by atoms with E-state index in [9.17, 15) is 18.0 Å². The van der Waals surface area contributed by atoms with Crippen molar-refractivity contribution in [2.24, 2.45) is 5.92 Å². The molecule has 0 atom stereocenters. The van der Waals surface area contributed by atoms with E-state index in [0.717, 1.165) is 17.8 Å². The standard InChI is InChI=1S/C18H15F3N6O/c19-18(20,21)15-5-8-23-17(24-15)26-9-12(10-26)11-27-16(28)2-1-14(25-27)13-3-6-22-7-4-13/h1-8,12H,9-11H2. The fourth-order valence-electron chi connectivity index (χ4n) is 3.01. The molecule has 10 heteroatoms. The normalized spacial score (nSPS) is 14.8. The Hall–Kier alpha value is -3.30. The molecule has 28 heavy (non-hydrogen) atoms. The molecule has 0 amide bonds. The maximum atomic E-state index is 12.8. The molecule has 0 radical (unpaired) electrons. The van der Waals surface area contributed by atoms with Crippen LogP contribution in [0.5, 0.6) is 0 Å². The van der Waals surface area contributed by atoms with Crippen LogP contribution in [-0.4, -0.2) is 37.8 Å². The number of halogens is 3. The van der Waals surface area contributed by atoms with Crippen LogP contribution in [-0.2, 0) is 12.7 Å². The average Bonchev–Trinajstić information content (AvgIpc) is 2.66. The van der Waals surface area contributed by atoms with Crippen molar-refractivity contribution in [3.8, 4) is 11.3 Å². The van der Waals surface area contributed by atoms with Gasteiger partial charge in [0.25, 0.3) is 5.56 Å². The summed E-state index contributed by atoms with van der Waals surface area (Å²) in [5.41, 5.74) is 0.297. The predicted octanol–water partition coefficient (Wildman–Crippen LogP) is 2.25. The zero-order valence-corrected chi connectivity index (χ0v) is 14.5. The SMILES string of the molecule is O=c1ccc(-c2ccncc2)nn1CC1CN(c2nccc(C(F)(F)F)n2)C1. The van der Waals surface area contributed by atoms with E-state index in [0.29, 0.717) is 25.3 Å². The van der Waals surface area contributed by atoms with E-state index in [1.54, 1.807) is 35.5 Å². The molecule has 1 fully saturated rings. The van der Waals surface area contributed by atoms with Crippen LogP contribution >= 0.6 is 0 Å². The van der Waals surface area contributed by atoms with Crippen LogP contribution in [0.1, 0.15) is 5.69 Å². The number of pyridine rings is 1. The van der Waals surface area contributed by atoms with Crippen molar-refractivity contribution in [1.29, 1.82) is 0 Å². The minimum Gasteiger partial charge on any atom is -0.340 e. The second-order valence-corrected chi connectivity index (χ2v) is 6.49. The van der Waals surface area contributed by atoms with Gasteiger partial charge in [-0.15, -0.1) is 0 Å². The molecule has 3 aromatic rings. The number of anilines is 1. The molecular weight excluding hydrogens is 373 g/mol. The summed E-state index contributed by atoms with van der Waals surface area (Å²) in [6.45, 7) is 1.27. The van der Waals surface area contributed by atoms with Gasteiger partial charge in [-0.2, -0.15) is 18.3 Å². The first-order chi connectivity index (χ1) is 13.4. The lowest BCUT2D eigenvalue weighted by molar-refractivity contribution is -0.141. The van der Waals surface area contributed by atoms with Crippen LogP contribution in [0.15, 0.2) is 53.7 Å². The van der Waals surface area contributed by atoms with E-state index in [4.69, 9.17) is 0 Å². The largest absolute Gasteiger partial charge is 0.433 e. The highest BCUT2D eigenvalue weighted by molar-refractivity contribution is 5.57. The van der Waals surface area contributed by atoms with Gasteiger partial charge in [0.1, 0.15) is 5.69 Å². The van der Waals surface area contributed by atoms with Crippen LogP contribution in [0.4, 0.5) is 19.1 Å². The molecule has 1 saturated heterocycles. The molecule has 1 aliphatic heterocycles. The van der Waals surface area contributed by atoms with Crippen LogP contribution < -0.4 is 10.5 Å². The highest BCUT2D eigenvalue weighted by Crippen LogP contribution is 2.29. The number of alkyl halides is 3. The van der Waals surface area contributed by atoms with E-state index < -0.39 is 11.9 Å². The third-order valence-corrected chi connectivity index (χ3v) is 4.45. The summed E-state index contributed by atoms with van der Waals surface area (Å²) in [5.74, 6) is 0.105. The highest BCUT2D eigenvalue weighted by atomic mass is 19.4. The number of aromatic nitrogens is 5. The third kappa shape index (κ3) is 3.71. The number of nitrogens with zero attached hydrogens (tertiary/aromatic N) is 6. The maximum Gasteiger partial charge on any atom is 0.433 e. The summed E-state index contributed by atoms with van der Waals surface area (Å²) < 4.78 is 39.7. The van der Waals surface area contributed by atoms with Gasteiger partial charge >= 0.3 is 6.18 Å². The fraction of sp³-hybridized carbons (Fsp3) is 0.278. The van der Waals surface area contributed by atoms with Gasteiger partial charge < -0.3 is 4.90 Å². The molecule has 0 aliphatic carbocycles. The Kier molecular flexibility index (Phi) is 4.54. The Labute approximate surface area is 157 Å². The average molecular weight is 388 g/mol. The van der Waals surface area contributed by atoms with Crippen molar-refractivity contribution in [2.45, 2.75) is 12.7 Å². The topological polar surface area (TPSA) is 76.8 Å². The lowest BCUT2D eigenvalue weighted by Crippen LogP contribution is -2.50. The minimum absolute atomic E-state index is 0.0388. The van der Waals surface area contributed by atoms with Crippen LogP contribution in [0.2, 0.25) is 0 Å². The molecule has 4 rings (SSSR count). The molecule has 0 spiro atoms. The Morgan fingerprint density at radius 1 is 1.04 bits per heavy atom. The monoisotopic (exact) mass is 388 g/mol. The summed E-state index contributed by atoms with van der Waals surface area (Å²) >= 11 is 0. The molecule has 0 aromatic carbocycles. The van der Waals surface area contributed by atoms with Gasteiger partial charge in [0, 0.05) is 49.2 Å².